The van der Waals surface area contributed by atoms with Gasteiger partial charge in [-0.2, -0.15) is 13.2 Å². The number of sulfone groups is 1. The second-order valence-corrected chi connectivity index (χ2v) is 9.27. The van der Waals surface area contributed by atoms with Crippen molar-refractivity contribution in [1.82, 2.24) is 4.90 Å². The van der Waals surface area contributed by atoms with E-state index in [0.717, 1.165) is 43.5 Å². The van der Waals surface area contributed by atoms with Crippen LogP contribution in [0.15, 0.2) is 24.3 Å². The molecule has 138 valence electrons. The largest absolute Gasteiger partial charge is 0.416 e. The van der Waals surface area contributed by atoms with Crippen LogP contribution in [-0.2, 0) is 16.0 Å². The normalized spacial score (nSPS) is 20.4. The van der Waals surface area contributed by atoms with Crippen LogP contribution in [0, 0.1) is 0 Å². The molecular weight excluding hydrogens is 355 g/mol. The van der Waals surface area contributed by atoms with Gasteiger partial charge >= 0.3 is 6.18 Å². The molecule has 1 aromatic carbocycles. The fourth-order valence-corrected chi connectivity index (χ4v) is 5.77. The molecule has 0 atom stereocenters. The third-order valence-electron chi connectivity index (χ3n) is 5.08. The average molecular weight is 375 g/mol. The van der Waals surface area contributed by atoms with Gasteiger partial charge in [-0.05, 0) is 37.1 Å². The Kier molecular flexibility index (Phi) is 4.83. The van der Waals surface area contributed by atoms with Gasteiger partial charge in [-0.25, -0.2) is 8.42 Å². The van der Waals surface area contributed by atoms with E-state index >= 15 is 0 Å². The molecule has 0 N–H and O–H groups in total. The summed E-state index contributed by atoms with van der Waals surface area (Å²) in [5.74, 6) is -0.427. The summed E-state index contributed by atoms with van der Waals surface area (Å²) in [6.07, 6.45) is -0.167. The summed E-state index contributed by atoms with van der Waals surface area (Å²) >= 11 is 0. The van der Waals surface area contributed by atoms with E-state index in [-0.39, 0.29) is 23.9 Å². The zero-order chi connectivity index (χ0) is 18.2. The lowest BCUT2D eigenvalue weighted by Gasteiger charge is -2.40. The lowest BCUT2D eigenvalue weighted by molar-refractivity contribution is -0.137. The van der Waals surface area contributed by atoms with Gasteiger partial charge in [0.15, 0.2) is 9.84 Å². The number of rotatable bonds is 3. The second kappa shape index (κ2) is 6.63. The van der Waals surface area contributed by atoms with Crippen LogP contribution in [0.5, 0.6) is 0 Å². The van der Waals surface area contributed by atoms with Gasteiger partial charge in [0.1, 0.15) is 0 Å². The smallest absolute Gasteiger partial charge is 0.336 e. The van der Waals surface area contributed by atoms with Crippen LogP contribution in [-0.4, -0.2) is 42.8 Å². The fourth-order valence-electron chi connectivity index (χ4n) is 3.46. The van der Waals surface area contributed by atoms with Gasteiger partial charge in [0.25, 0.3) is 5.91 Å². The van der Waals surface area contributed by atoms with E-state index < -0.39 is 32.7 Å². The highest BCUT2D eigenvalue weighted by Crippen LogP contribution is 2.31. The summed E-state index contributed by atoms with van der Waals surface area (Å²) < 4.78 is 62.8. The number of carbonyl (C=O) groups excluding carboxylic acids is 1. The molecule has 1 saturated heterocycles. The first kappa shape index (κ1) is 18.2. The highest BCUT2D eigenvalue weighted by molar-refractivity contribution is 7.92. The van der Waals surface area contributed by atoms with Gasteiger partial charge in [-0.15, -0.1) is 0 Å². The number of benzene rings is 1. The fraction of sp³-hybridized carbons (Fsp3) is 0.588. The van der Waals surface area contributed by atoms with Crippen molar-refractivity contribution in [3.8, 4) is 0 Å². The Labute approximate surface area is 144 Å². The summed E-state index contributed by atoms with van der Waals surface area (Å²) in [5, 5.41) is -0.858. The minimum Gasteiger partial charge on any atom is -0.336 e. The predicted molar refractivity (Wildman–Crippen MR) is 86.9 cm³/mol. The first-order valence-corrected chi connectivity index (χ1v) is 10.00. The lowest BCUT2D eigenvalue weighted by Crippen LogP contribution is -2.58. The van der Waals surface area contributed by atoms with Gasteiger partial charge in [0.2, 0.25) is 0 Å². The Balaban J connectivity index is 1.61. The molecule has 0 aromatic heterocycles. The molecule has 0 radical (unpaired) electrons. The van der Waals surface area contributed by atoms with Crippen molar-refractivity contribution in [3.05, 3.63) is 35.4 Å². The molecule has 2 aliphatic rings. The first-order chi connectivity index (χ1) is 11.7. The number of amides is 1. The maximum absolute atomic E-state index is 12.6. The Morgan fingerprint density at radius 1 is 0.960 bits per heavy atom. The van der Waals surface area contributed by atoms with Crippen LogP contribution < -0.4 is 0 Å². The lowest BCUT2D eigenvalue weighted by atomic mass is 10.0. The third kappa shape index (κ3) is 3.68. The number of carbonyl (C=O) groups is 1. The summed E-state index contributed by atoms with van der Waals surface area (Å²) in [6.45, 7) is 0.247. The Morgan fingerprint density at radius 3 is 2.04 bits per heavy atom. The number of hydrogen-bond acceptors (Lipinski definition) is 3. The van der Waals surface area contributed by atoms with Crippen molar-refractivity contribution in [2.24, 2.45) is 0 Å². The van der Waals surface area contributed by atoms with Crippen molar-refractivity contribution in [1.29, 1.82) is 0 Å². The van der Waals surface area contributed by atoms with Crippen molar-refractivity contribution >= 4 is 15.7 Å². The van der Waals surface area contributed by atoms with E-state index in [1.807, 2.05) is 0 Å². The molecule has 3 rings (SSSR count). The van der Waals surface area contributed by atoms with Gasteiger partial charge in [0.05, 0.1) is 16.1 Å². The SMILES string of the molecule is O=C(c1ccc(C(F)(F)F)cc1)N1CC(S(=O)(=O)C2CCCCC2)C1. The maximum Gasteiger partial charge on any atom is 0.416 e. The first-order valence-electron chi connectivity index (χ1n) is 8.39. The minimum absolute atomic E-state index is 0.124. The summed E-state index contributed by atoms with van der Waals surface area (Å²) in [5.41, 5.74) is -0.674. The van der Waals surface area contributed by atoms with Gasteiger partial charge < -0.3 is 4.90 Å². The quantitative estimate of drug-likeness (QED) is 0.815. The summed E-state index contributed by atoms with van der Waals surface area (Å²) in [7, 11) is -3.24. The van der Waals surface area contributed by atoms with Gasteiger partial charge in [-0.1, -0.05) is 19.3 Å². The van der Waals surface area contributed by atoms with Crippen molar-refractivity contribution in [2.45, 2.75) is 48.8 Å². The predicted octanol–water partition coefficient (Wildman–Crippen LogP) is 3.28. The van der Waals surface area contributed by atoms with E-state index in [2.05, 4.69) is 0 Å². The molecule has 0 bridgehead atoms. The number of hydrogen-bond donors (Lipinski definition) is 0. The zero-order valence-corrected chi connectivity index (χ0v) is 14.4. The van der Waals surface area contributed by atoms with E-state index in [4.69, 9.17) is 0 Å². The highest BCUT2D eigenvalue weighted by Gasteiger charge is 2.43. The van der Waals surface area contributed by atoms with E-state index in [1.165, 1.54) is 4.90 Å². The molecule has 1 amide bonds. The molecule has 1 aliphatic carbocycles. The van der Waals surface area contributed by atoms with E-state index in [9.17, 15) is 26.4 Å². The molecule has 25 heavy (non-hydrogen) atoms. The molecular formula is C17H20F3NO3S. The van der Waals surface area contributed by atoms with Crippen LogP contribution in [0.25, 0.3) is 0 Å². The van der Waals surface area contributed by atoms with Crippen molar-refractivity contribution in [2.75, 3.05) is 13.1 Å². The molecule has 1 saturated carbocycles. The Hall–Kier alpha value is -1.57. The summed E-state index contributed by atoms with van der Waals surface area (Å²) in [6, 6.07) is 3.99. The van der Waals surface area contributed by atoms with Crippen molar-refractivity contribution in [3.63, 3.8) is 0 Å². The third-order valence-corrected chi connectivity index (χ3v) is 7.70. The standard InChI is InChI=1S/C17H20F3NO3S/c18-17(19,20)13-8-6-12(7-9-13)16(22)21-10-15(11-21)25(23,24)14-4-2-1-3-5-14/h6-9,14-15H,1-5,10-11H2. The van der Waals surface area contributed by atoms with Gasteiger partial charge in [-0.3, -0.25) is 4.79 Å². The highest BCUT2D eigenvalue weighted by atomic mass is 32.2. The monoisotopic (exact) mass is 375 g/mol. The van der Waals surface area contributed by atoms with Crippen LogP contribution in [0.4, 0.5) is 13.2 Å². The summed E-state index contributed by atoms with van der Waals surface area (Å²) in [4.78, 5) is 13.7. The van der Waals surface area contributed by atoms with Crippen LogP contribution >= 0.6 is 0 Å². The molecule has 4 nitrogen and oxygen atoms in total. The van der Waals surface area contributed by atoms with Crippen molar-refractivity contribution < 1.29 is 26.4 Å². The number of likely N-dealkylation sites (tertiary alicyclic amines) is 1. The van der Waals surface area contributed by atoms with E-state index in [0.29, 0.717) is 12.8 Å². The molecule has 0 unspecified atom stereocenters. The minimum atomic E-state index is -4.45. The number of alkyl halides is 3. The van der Waals surface area contributed by atoms with E-state index in [1.54, 1.807) is 0 Å². The maximum atomic E-state index is 12.6. The topological polar surface area (TPSA) is 54.5 Å². The van der Waals surface area contributed by atoms with Gasteiger partial charge in [0, 0.05) is 18.7 Å². The van der Waals surface area contributed by atoms with Crippen LogP contribution in [0.1, 0.15) is 48.0 Å². The number of nitrogens with zero attached hydrogens (tertiary/aromatic N) is 1. The molecule has 1 aliphatic heterocycles. The average Bonchev–Trinajstić information content (AvgIpc) is 2.53. The van der Waals surface area contributed by atoms with Crippen LogP contribution in [0.2, 0.25) is 0 Å². The zero-order valence-electron chi connectivity index (χ0n) is 13.6. The number of halogens is 3. The molecule has 8 heteroatoms. The Bertz CT molecular complexity index is 731. The Morgan fingerprint density at radius 2 is 1.52 bits per heavy atom. The second-order valence-electron chi connectivity index (χ2n) is 6.76. The molecule has 1 aromatic rings. The molecule has 1 heterocycles. The van der Waals surface area contributed by atoms with Crippen LogP contribution in [0.3, 0.4) is 0 Å². The molecule has 0 spiro atoms. The molecule has 2 fully saturated rings.